The van der Waals surface area contributed by atoms with Gasteiger partial charge >= 0.3 is 11.9 Å². The highest BCUT2D eigenvalue weighted by molar-refractivity contribution is 7.18. The van der Waals surface area contributed by atoms with Gasteiger partial charge in [-0.15, -0.1) is 11.3 Å². The lowest BCUT2D eigenvalue weighted by Gasteiger charge is -2.04. The van der Waals surface area contributed by atoms with Crippen LogP contribution in [0.15, 0.2) is 30.3 Å². The molecule has 1 heterocycles. The van der Waals surface area contributed by atoms with Crippen LogP contribution in [0, 0.1) is 6.92 Å². The molecule has 0 spiro atoms. The molecule has 0 aliphatic rings. The third-order valence-corrected chi connectivity index (χ3v) is 4.84. The summed E-state index contributed by atoms with van der Waals surface area (Å²) in [4.78, 5) is 36.3. The number of esters is 2. The van der Waals surface area contributed by atoms with E-state index in [4.69, 9.17) is 21.1 Å². The molecule has 0 aliphatic heterocycles. The van der Waals surface area contributed by atoms with Crippen molar-refractivity contribution in [3.63, 3.8) is 0 Å². The van der Waals surface area contributed by atoms with E-state index >= 15 is 0 Å². The Bertz CT molecular complexity index is 888. The zero-order chi connectivity index (χ0) is 19.3. The Morgan fingerprint density at radius 1 is 1.15 bits per heavy atom. The number of carbonyl (C=O) groups excluding carboxylic acids is 3. The summed E-state index contributed by atoms with van der Waals surface area (Å²) in [6, 6.07) is 6.99. The normalized spacial score (nSPS) is 10.6. The van der Waals surface area contributed by atoms with E-state index in [1.165, 1.54) is 20.3 Å². The van der Waals surface area contributed by atoms with Gasteiger partial charge in [-0.1, -0.05) is 23.7 Å². The standard InChI is InChI=1S/C18H16ClNO5S/c1-10-14(17(22)24-2)16(26-15(10)18(23)25-3)20-13(21)8-7-11-5-4-6-12(19)9-11/h4-9H,1-3H3,(H,20,21)/b8-7+. The molecule has 0 aliphatic carbocycles. The fraction of sp³-hybridized carbons (Fsp3) is 0.167. The third kappa shape index (κ3) is 4.50. The van der Waals surface area contributed by atoms with Gasteiger partial charge in [-0.25, -0.2) is 9.59 Å². The molecule has 0 saturated carbocycles. The van der Waals surface area contributed by atoms with Gasteiger partial charge in [-0.3, -0.25) is 4.79 Å². The average molecular weight is 394 g/mol. The van der Waals surface area contributed by atoms with Crippen molar-refractivity contribution < 1.29 is 23.9 Å². The Morgan fingerprint density at radius 3 is 2.46 bits per heavy atom. The first-order chi connectivity index (χ1) is 12.4. The summed E-state index contributed by atoms with van der Waals surface area (Å²) < 4.78 is 9.44. The molecule has 1 aromatic carbocycles. The maximum Gasteiger partial charge on any atom is 0.348 e. The summed E-state index contributed by atoms with van der Waals surface area (Å²) in [5.41, 5.74) is 1.27. The van der Waals surface area contributed by atoms with Crippen LogP contribution in [0.25, 0.3) is 6.08 Å². The Hall–Kier alpha value is -2.64. The lowest BCUT2D eigenvalue weighted by Crippen LogP contribution is -2.11. The first-order valence-corrected chi connectivity index (χ1v) is 8.61. The fourth-order valence-corrected chi connectivity index (χ4v) is 3.49. The molecule has 0 saturated heterocycles. The van der Waals surface area contributed by atoms with Gasteiger partial charge in [0.2, 0.25) is 5.91 Å². The lowest BCUT2D eigenvalue weighted by atomic mass is 10.1. The van der Waals surface area contributed by atoms with E-state index in [2.05, 4.69) is 5.32 Å². The van der Waals surface area contributed by atoms with Crippen molar-refractivity contribution in [3.8, 4) is 0 Å². The number of rotatable bonds is 5. The van der Waals surface area contributed by atoms with Crippen molar-refractivity contribution in [1.82, 2.24) is 0 Å². The second-order valence-electron chi connectivity index (χ2n) is 5.12. The van der Waals surface area contributed by atoms with Crippen molar-refractivity contribution >= 4 is 51.9 Å². The summed E-state index contributed by atoms with van der Waals surface area (Å²) in [5.74, 6) is -1.71. The number of thiophene rings is 1. The van der Waals surface area contributed by atoms with E-state index < -0.39 is 17.8 Å². The van der Waals surface area contributed by atoms with Gasteiger partial charge in [0.15, 0.2) is 0 Å². The number of benzene rings is 1. The monoisotopic (exact) mass is 393 g/mol. The Balaban J connectivity index is 2.28. The molecule has 136 valence electrons. The lowest BCUT2D eigenvalue weighted by molar-refractivity contribution is -0.111. The van der Waals surface area contributed by atoms with Crippen molar-refractivity contribution in [3.05, 3.63) is 56.9 Å². The van der Waals surface area contributed by atoms with E-state index in [1.807, 2.05) is 0 Å². The van der Waals surface area contributed by atoms with Crippen LogP contribution in [0.3, 0.4) is 0 Å². The minimum absolute atomic E-state index is 0.127. The maximum atomic E-state index is 12.2. The Morgan fingerprint density at radius 2 is 1.85 bits per heavy atom. The molecule has 0 radical (unpaired) electrons. The van der Waals surface area contributed by atoms with Crippen LogP contribution in [0.2, 0.25) is 5.02 Å². The average Bonchev–Trinajstić information content (AvgIpc) is 2.94. The van der Waals surface area contributed by atoms with Crippen molar-refractivity contribution in [2.75, 3.05) is 19.5 Å². The van der Waals surface area contributed by atoms with Gasteiger partial charge in [-0.2, -0.15) is 0 Å². The molecule has 0 fully saturated rings. The predicted molar refractivity (Wildman–Crippen MR) is 101 cm³/mol. The molecule has 0 bridgehead atoms. The number of amides is 1. The maximum absolute atomic E-state index is 12.2. The second-order valence-corrected chi connectivity index (χ2v) is 6.58. The highest BCUT2D eigenvalue weighted by atomic mass is 35.5. The van der Waals surface area contributed by atoms with E-state index in [0.717, 1.165) is 16.9 Å². The zero-order valence-electron chi connectivity index (χ0n) is 14.3. The minimum atomic E-state index is -0.650. The van der Waals surface area contributed by atoms with Crippen LogP contribution >= 0.6 is 22.9 Å². The molecule has 2 rings (SSSR count). The summed E-state index contributed by atoms with van der Waals surface area (Å²) >= 11 is 6.85. The van der Waals surface area contributed by atoms with E-state index in [0.29, 0.717) is 10.6 Å². The molecule has 26 heavy (non-hydrogen) atoms. The highest BCUT2D eigenvalue weighted by Crippen LogP contribution is 2.34. The van der Waals surface area contributed by atoms with E-state index in [9.17, 15) is 14.4 Å². The number of methoxy groups -OCH3 is 2. The van der Waals surface area contributed by atoms with Gasteiger partial charge < -0.3 is 14.8 Å². The smallest absolute Gasteiger partial charge is 0.348 e. The van der Waals surface area contributed by atoms with Crippen molar-refractivity contribution in [2.45, 2.75) is 6.92 Å². The van der Waals surface area contributed by atoms with Crippen LogP contribution in [-0.4, -0.2) is 32.1 Å². The van der Waals surface area contributed by atoms with Gasteiger partial charge in [0, 0.05) is 11.1 Å². The van der Waals surface area contributed by atoms with Gasteiger partial charge in [0.05, 0.1) is 19.8 Å². The molecule has 0 atom stereocenters. The van der Waals surface area contributed by atoms with Crippen LogP contribution in [0.4, 0.5) is 5.00 Å². The summed E-state index contributed by atoms with van der Waals surface area (Å²) in [7, 11) is 2.47. The number of hydrogen-bond donors (Lipinski definition) is 1. The number of anilines is 1. The number of ether oxygens (including phenoxy) is 2. The summed E-state index contributed by atoms with van der Waals surface area (Å²) in [6.45, 7) is 1.59. The quantitative estimate of drug-likeness (QED) is 0.614. The molecule has 1 aromatic heterocycles. The molecular weight excluding hydrogens is 378 g/mol. The minimum Gasteiger partial charge on any atom is -0.465 e. The molecule has 2 aromatic rings. The molecule has 1 N–H and O–H groups in total. The molecule has 8 heteroatoms. The van der Waals surface area contributed by atoms with Crippen LogP contribution in [-0.2, 0) is 14.3 Å². The number of nitrogens with one attached hydrogen (secondary N) is 1. The largest absolute Gasteiger partial charge is 0.465 e. The Labute approximate surface area is 159 Å². The van der Waals surface area contributed by atoms with Gasteiger partial charge in [0.25, 0.3) is 0 Å². The van der Waals surface area contributed by atoms with E-state index in [-0.39, 0.29) is 15.4 Å². The second kappa shape index (κ2) is 8.64. The molecular formula is C18H16ClNO5S. The number of carbonyl (C=O) groups is 3. The zero-order valence-corrected chi connectivity index (χ0v) is 15.9. The number of halogens is 1. The SMILES string of the molecule is COC(=O)c1sc(NC(=O)/C=C/c2cccc(Cl)c2)c(C(=O)OC)c1C. The molecule has 0 unspecified atom stereocenters. The molecule has 1 amide bonds. The molecule has 6 nitrogen and oxygen atoms in total. The van der Waals surface area contributed by atoms with Crippen molar-refractivity contribution in [2.24, 2.45) is 0 Å². The third-order valence-electron chi connectivity index (χ3n) is 3.42. The first kappa shape index (κ1) is 19.7. The van der Waals surface area contributed by atoms with E-state index in [1.54, 1.807) is 37.3 Å². The van der Waals surface area contributed by atoms with Gasteiger partial charge in [0.1, 0.15) is 9.88 Å². The predicted octanol–water partition coefficient (Wildman–Crippen LogP) is 3.94. The van der Waals surface area contributed by atoms with Crippen LogP contribution in [0.5, 0.6) is 0 Å². The summed E-state index contributed by atoms with van der Waals surface area (Å²) in [5, 5.41) is 3.37. The summed E-state index contributed by atoms with van der Waals surface area (Å²) in [6.07, 6.45) is 2.89. The number of hydrogen-bond acceptors (Lipinski definition) is 6. The Kier molecular flexibility index (Phi) is 6.54. The first-order valence-electron chi connectivity index (χ1n) is 7.42. The topological polar surface area (TPSA) is 81.7 Å². The van der Waals surface area contributed by atoms with Gasteiger partial charge in [-0.05, 0) is 36.3 Å². The van der Waals surface area contributed by atoms with Crippen LogP contribution < -0.4 is 5.32 Å². The van der Waals surface area contributed by atoms with Crippen LogP contribution in [0.1, 0.15) is 31.2 Å². The fourth-order valence-electron chi connectivity index (χ4n) is 2.17. The highest BCUT2D eigenvalue weighted by Gasteiger charge is 2.26. The van der Waals surface area contributed by atoms with Crippen molar-refractivity contribution in [1.29, 1.82) is 0 Å².